The Morgan fingerprint density at radius 3 is 2.46 bits per heavy atom. The molecule has 0 aliphatic rings. The van der Waals surface area contributed by atoms with E-state index in [2.05, 4.69) is 20.6 Å². The molecule has 0 radical (unpaired) electrons. The van der Waals surface area contributed by atoms with Gasteiger partial charge in [-0.25, -0.2) is 0 Å². The number of hydrogen-bond acceptors (Lipinski definition) is 4. The number of hydrogen-bond donors (Lipinski definition) is 4. The van der Waals surface area contributed by atoms with Crippen molar-refractivity contribution in [2.75, 3.05) is 10.6 Å². The monoisotopic (exact) mass is 346 g/mol. The van der Waals surface area contributed by atoms with E-state index in [9.17, 15) is 14.4 Å². The number of aromatic nitrogens is 2. The van der Waals surface area contributed by atoms with Crippen LogP contribution in [0.15, 0.2) is 29.1 Å². The summed E-state index contributed by atoms with van der Waals surface area (Å²) in [6.45, 7) is 3.16. The Bertz CT molecular complexity index is 885. The molecule has 2 amide bonds. The Morgan fingerprint density at radius 1 is 1.17 bits per heavy atom. The lowest BCUT2D eigenvalue weighted by Gasteiger charge is -2.08. The van der Waals surface area contributed by atoms with Gasteiger partial charge < -0.3 is 15.6 Å². The molecule has 1 aromatic carbocycles. The zero-order valence-corrected chi connectivity index (χ0v) is 14.2. The maximum Gasteiger partial charge on any atom is 0.255 e. The highest BCUT2D eigenvalue weighted by Crippen LogP contribution is 2.15. The Morgan fingerprint density at radius 2 is 1.83 bits per heavy atom. The van der Waals surface area contributed by atoms with Gasteiger partial charge in [-0.05, 0) is 43.8 Å². The molecule has 0 spiro atoms. The van der Waals surface area contributed by atoms with E-state index in [-0.39, 0.29) is 28.6 Å². The van der Waals surface area contributed by atoms with Crippen LogP contribution in [0.25, 0.3) is 0 Å². The first-order valence-electron chi connectivity index (χ1n) is 7.34. The minimum Gasteiger partial charge on any atom is -0.336 e. The minimum atomic E-state index is -0.281. The number of benzene rings is 1. The average Bonchev–Trinajstić information content (AvgIpc) is 2.45. The van der Waals surface area contributed by atoms with Gasteiger partial charge in [0, 0.05) is 36.0 Å². The van der Waals surface area contributed by atoms with Crippen LogP contribution in [0.3, 0.4) is 0 Å². The average molecular weight is 346 g/mol. The van der Waals surface area contributed by atoms with Crippen molar-refractivity contribution in [1.82, 2.24) is 9.97 Å². The molecule has 1 aromatic heterocycles. The largest absolute Gasteiger partial charge is 0.336 e. The lowest BCUT2D eigenvalue weighted by molar-refractivity contribution is -0.116. The van der Waals surface area contributed by atoms with Crippen LogP contribution in [0.4, 0.5) is 11.4 Å². The number of anilines is 2. The highest BCUT2D eigenvalue weighted by atomic mass is 32.1. The quantitative estimate of drug-likeness (QED) is 0.623. The Labute approximate surface area is 143 Å². The maximum atomic E-state index is 12.1. The van der Waals surface area contributed by atoms with Gasteiger partial charge in [0.1, 0.15) is 0 Å². The normalized spacial score (nSPS) is 10.2. The molecule has 4 N–H and O–H groups in total. The van der Waals surface area contributed by atoms with Gasteiger partial charge in [-0.2, -0.15) is 0 Å². The molecule has 7 nitrogen and oxygen atoms in total. The first-order chi connectivity index (χ1) is 11.3. The number of carbonyl (C=O) groups excluding carboxylic acids is 2. The van der Waals surface area contributed by atoms with E-state index in [4.69, 9.17) is 12.2 Å². The zero-order valence-electron chi connectivity index (χ0n) is 13.4. The Balaban J connectivity index is 2.00. The van der Waals surface area contributed by atoms with E-state index in [0.29, 0.717) is 29.1 Å². The summed E-state index contributed by atoms with van der Waals surface area (Å²) in [5, 5.41) is 5.39. The minimum absolute atomic E-state index is 0.152. The van der Waals surface area contributed by atoms with Crippen molar-refractivity contribution in [1.29, 1.82) is 0 Å². The van der Waals surface area contributed by atoms with Crippen molar-refractivity contribution in [3.05, 3.63) is 50.6 Å². The second-order valence-corrected chi connectivity index (χ2v) is 5.73. The van der Waals surface area contributed by atoms with Gasteiger partial charge in [0.2, 0.25) is 11.8 Å². The highest BCUT2D eigenvalue weighted by Gasteiger charge is 2.09. The summed E-state index contributed by atoms with van der Waals surface area (Å²) in [6.07, 6.45) is 0.448. The standard InChI is InChI=1S/C16H18N4O3S/c1-9-13(15(23)20-16(24)17-9)6-7-14(22)19-12-5-3-4-11(8-12)18-10(2)21/h3-5,8H,6-7H2,1-2H3,(H,18,21)(H,19,22)(H2,17,20,23,24). The van der Waals surface area contributed by atoms with Crippen LogP contribution in [0.5, 0.6) is 0 Å². The molecule has 2 aromatic rings. The van der Waals surface area contributed by atoms with Crippen LogP contribution in [0.2, 0.25) is 0 Å². The zero-order chi connectivity index (χ0) is 17.7. The summed E-state index contributed by atoms with van der Waals surface area (Å²) < 4.78 is 0.264. The van der Waals surface area contributed by atoms with Crippen LogP contribution in [-0.2, 0) is 16.0 Å². The lowest BCUT2D eigenvalue weighted by Crippen LogP contribution is -2.19. The number of aryl methyl sites for hydroxylation is 1. The second kappa shape index (κ2) is 7.69. The smallest absolute Gasteiger partial charge is 0.255 e. The van der Waals surface area contributed by atoms with Crippen LogP contribution >= 0.6 is 12.2 Å². The number of rotatable bonds is 5. The van der Waals surface area contributed by atoms with E-state index < -0.39 is 0 Å². The molecule has 0 fully saturated rings. The SMILES string of the molecule is CC(=O)Nc1cccc(NC(=O)CCc2c(C)[nH]c(=S)[nH]c2=O)c1. The molecule has 0 atom stereocenters. The summed E-state index contributed by atoms with van der Waals surface area (Å²) in [6, 6.07) is 6.84. The number of H-pyrrole nitrogens is 2. The topological polar surface area (TPSA) is 107 Å². The van der Waals surface area contributed by atoms with Crippen LogP contribution in [0.1, 0.15) is 24.6 Å². The van der Waals surface area contributed by atoms with E-state index in [1.807, 2.05) is 0 Å². The fraction of sp³-hybridized carbons (Fsp3) is 0.250. The van der Waals surface area contributed by atoms with Crippen LogP contribution in [-0.4, -0.2) is 21.8 Å². The van der Waals surface area contributed by atoms with Crippen molar-refractivity contribution in [3.63, 3.8) is 0 Å². The predicted octanol–water partition coefficient (Wildman–Crippen LogP) is 2.27. The molecule has 2 rings (SSSR count). The van der Waals surface area contributed by atoms with Gasteiger partial charge in [0.15, 0.2) is 4.77 Å². The number of carbonyl (C=O) groups is 2. The number of amides is 2. The molecule has 0 aliphatic heterocycles. The molecule has 0 saturated heterocycles. The third-order valence-corrected chi connectivity index (χ3v) is 3.53. The predicted molar refractivity (Wildman–Crippen MR) is 94.7 cm³/mol. The molecule has 0 unspecified atom stereocenters. The summed E-state index contributed by atoms with van der Waals surface area (Å²) in [4.78, 5) is 40.4. The van der Waals surface area contributed by atoms with Gasteiger partial charge in [0.05, 0.1) is 0 Å². The van der Waals surface area contributed by atoms with E-state index in [1.165, 1.54) is 6.92 Å². The van der Waals surface area contributed by atoms with Gasteiger partial charge >= 0.3 is 0 Å². The molecule has 0 aliphatic carbocycles. The fourth-order valence-corrected chi connectivity index (χ4v) is 2.51. The Kier molecular flexibility index (Phi) is 5.64. The molecule has 8 heteroatoms. The fourth-order valence-electron chi connectivity index (χ4n) is 2.27. The molecule has 126 valence electrons. The summed E-state index contributed by atoms with van der Waals surface area (Å²) in [7, 11) is 0. The molecule has 1 heterocycles. The van der Waals surface area contributed by atoms with Gasteiger partial charge in [-0.3, -0.25) is 19.4 Å². The number of nitrogens with one attached hydrogen (secondary N) is 4. The highest BCUT2D eigenvalue weighted by molar-refractivity contribution is 7.71. The van der Waals surface area contributed by atoms with Crippen LogP contribution < -0.4 is 16.2 Å². The van der Waals surface area contributed by atoms with Gasteiger partial charge in [-0.1, -0.05) is 6.07 Å². The number of aromatic amines is 2. The maximum absolute atomic E-state index is 12.1. The van der Waals surface area contributed by atoms with Crippen molar-refractivity contribution in [2.24, 2.45) is 0 Å². The van der Waals surface area contributed by atoms with Crippen molar-refractivity contribution in [2.45, 2.75) is 26.7 Å². The first kappa shape index (κ1) is 17.6. The molecule has 24 heavy (non-hydrogen) atoms. The van der Waals surface area contributed by atoms with Crippen molar-refractivity contribution < 1.29 is 9.59 Å². The van der Waals surface area contributed by atoms with Gasteiger partial charge in [0.25, 0.3) is 5.56 Å². The summed E-state index contributed by atoms with van der Waals surface area (Å²) in [5.74, 6) is -0.411. The van der Waals surface area contributed by atoms with Crippen molar-refractivity contribution in [3.8, 4) is 0 Å². The van der Waals surface area contributed by atoms with E-state index in [0.717, 1.165) is 0 Å². The summed E-state index contributed by atoms with van der Waals surface area (Å²) in [5.41, 5.74) is 2.05. The summed E-state index contributed by atoms with van der Waals surface area (Å²) >= 11 is 4.89. The molecule has 0 bridgehead atoms. The molecule has 0 saturated carbocycles. The Hall–Kier alpha value is -2.74. The van der Waals surface area contributed by atoms with E-state index in [1.54, 1.807) is 31.2 Å². The third-order valence-electron chi connectivity index (χ3n) is 3.32. The van der Waals surface area contributed by atoms with Crippen LogP contribution in [0, 0.1) is 11.7 Å². The first-order valence-corrected chi connectivity index (χ1v) is 7.75. The molecular weight excluding hydrogens is 328 g/mol. The van der Waals surface area contributed by atoms with Gasteiger partial charge in [-0.15, -0.1) is 0 Å². The second-order valence-electron chi connectivity index (χ2n) is 5.32. The van der Waals surface area contributed by atoms with Crippen molar-refractivity contribution >= 4 is 35.4 Å². The third kappa shape index (κ3) is 4.88. The molecular formula is C16H18N4O3S. The van der Waals surface area contributed by atoms with E-state index >= 15 is 0 Å². The lowest BCUT2D eigenvalue weighted by atomic mass is 10.1.